The number of hydrogen-bond acceptors (Lipinski definition) is 14. The number of halogens is 2. The fourth-order valence-corrected chi connectivity index (χ4v) is 11.0. The molecule has 3 aliphatic heterocycles. The van der Waals surface area contributed by atoms with Crippen molar-refractivity contribution in [3.8, 4) is 5.75 Å². The molecule has 0 bridgehead atoms. The molecular weight excluding hydrogens is 902 g/mol. The van der Waals surface area contributed by atoms with Crippen LogP contribution in [0.25, 0.3) is 11.0 Å². The molecule has 3 aromatic carbocycles. The van der Waals surface area contributed by atoms with Crippen molar-refractivity contribution >= 4 is 80.1 Å². The summed E-state index contributed by atoms with van der Waals surface area (Å²) in [5.74, 6) is -0.328. The van der Waals surface area contributed by atoms with Gasteiger partial charge in [0.15, 0.2) is 0 Å². The van der Waals surface area contributed by atoms with Crippen LogP contribution in [-0.2, 0) is 27.0 Å². The number of nitrogens with one attached hydrogen (secondary N) is 3. The van der Waals surface area contributed by atoms with Gasteiger partial charge in [0.05, 0.1) is 46.3 Å². The van der Waals surface area contributed by atoms with E-state index in [0.717, 1.165) is 68.9 Å². The van der Waals surface area contributed by atoms with Crippen LogP contribution in [0.3, 0.4) is 0 Å². The molecule has 0 saturated carbocycles. The number of hydrogen-bond donors (Lipinski definition) is 4. The summed E-state index contributed by atoms with van der Waals surface area (Å²) in [6.45, 7) is 10.6. The van der Waals surface area contributed by atoms with E-state index in [1.54, 1.807) is 45.1 Å². The Labute approximate surface area is 381 Å². The SMILES string of the molecule is CCc1cc(Nc2ncc(Br)c(Nc3ccc4nccnc4c3P(C)(C)=O)n2)c(OC)cc1N1CCC(N2CCN(CCc3ccc(C4CCC(=O)NC4=O)c(F)c3)C(CO)C2)CC1. The highest BCUT2D eigenvalue weighted by Gasteiger charge is 2.34. The van der Waals surface area contributed by atoms with E-state index >= 15 is 4.39 Å². The zero-order chi connectivity index (χ0) is 45.1. The molecule has 0 radical (unpaired) electrons. The summed E-state index contributed by atoms with van der Waals surface area (Å²) < 4.78 is 35.3. The lowest BCUT2D eigenvalue weighted by Gasteiger charge is -2.46. The number of ether oxygens (including phenoxy) is 1. The number of nitrogens with zero attached hydrogens (tertiary/aromatic N) is 7. The highest BCUT2D eigenvalue weighted by atomic mass is 79.9. The number of piperidine rings is 2. The predicted octanol–water partition coefficient (Wildman–Crippen LogP) is 6.34. The number of imide groups is 1. The number of methoxy groups -OCH3 is 1. The van der Waals surface area contributed by atoms with E-state index in [4.69, 9.17) is 9.72 Å². The highest BCUT2D eigenvalue weighted by molar-refractivity contribution is 9.10. The van der Waals surface area contributed by atoms with E-state index < -0.39 is 24.8 Å². The van der Waals surface area contributed by atoms with Gasteiger partial charge < -0.3 is 29.9 Å². The third-order valence-electron chi connectivity index (χ3n) is 12.7. The van der Waals surface area contributed by atoms with Crippen LogP contribution in [-0.4, -0.2) is 125 Å². The quantitative estimate of drug-likeness (QED) is 0.0717. The van der Waals surface area contributed by atoms with E-state index in [-0.39, 0.29) is 25.0 Å². The standard InChI is InChI=1S/C46H55BrFN10O5P/c1-5-29-23-38(53-46-51-25-34(47)44(55-46)52-37-10-9-36-42(50-16-15-49-36)43(37)64(3,4)62)40(63-2)24-39(29)57-18-13-30(14-19-57)58-21-20-56(31(26-58)27-59)17-12-28-6-7-32(35(48)22-28)33-8-11-41(60)54-45(33)61/h6-7,9-10,15-16,22-25,30-31,33,59H,5,8,11-14,17-21,26-27H2,1-4H3,(H,54,60,61)(H2,51,52,53,55). The van der Waals surface area contributed by atoms with Crippen molar-refractivity contribution in [3.63, 3.8) is 0 Å². The first-order valence-electron chi connectivity index (χ1n) is 21.9. The van der Waals surface area contributed by atoms with Crippen LogP contribution >= 0.6 is 23.1 Å². The summed E-state index contributed by atoms with van der Waals surface area (Å²) in [5, 5.41) is 20.1. The van der Waals surface area contributed by atoms with E-state index in [0.29, 0.717) is 75.0 Å². The van der Waals surface area contributed by atoms with Crippen molar-refractivity contribution < 1.29 is 28.4 Å². The molecule has 2 atom stereocenters. The van der Waals surface area contributed by atoms with Gasteiger partial charge in [0, 0.05) is 93.7 Å². The van der Waals surface area contributed by atoms with Crippen LogP contribution in [0.15, 0.2) is 65.5 Å². The lowest BCUT2D eigenvalue weighted by Crippen LogP contribution is -2.58. The van der Waals surface area contributed by atoms with Gasteiger partial charge in [-0.05, 0) is 96.8 Å². The topological polar surface area (TPSA) is 178 Å². The van der Waals surface area contributed by atoms with Gasteiger partial charge in [-0.3, -0.25) is 34.7 Å². The molecule has 3 aliphatic rings. The van der Waals surface area contributed by atoms with Gasteiger partial charge in [0.25, 0.3) is 0 Å². The Morgan fingerprint density at radius 2 is 1.78 bits per heavy atom. The van der Waals surface area contributed by atoms with Gasteiger partial charge >= 0.3 is 0 Å². The normalized spacial score (nSPS) is 19.2. The summed E-state index contributed by atoms with van der Waals surface area (Å²) in [6, 6.07) is 13.3. The highest BCUT2D eigenvalue weighted by Crippen LogP contribution is 2.42. The first-order chi connectivity index (χ1) is 30.8. The van der Waals surface area contributed by atoms with E-state index in [1.165, 1.54) is 11.6 Å². The molecule has 338 valence electrons. The molecule has 5 aromatic rings. The first-order valence-corrected chi connectivity index (χ1v) is 25.3. The fraction of sp³-hybridized carbons (Fsp3) is 0.435. The summed E-state index contributed by atoms with van der Waals surface area (Å²) >= 11 is 3.59. The van der Waals surface area contributed by atoms with E-state index in [2.05, 4.69) is 80.6 Å². The Hall–Kier alpha value is -5.06. The van der Waals surface area contributed by atoms with Gasteiger partial charge in [-0.15, -0.1) is 0 Å². The molecule has 0 aliphatic carbocycles. The fourth-order valence-electron chi connectivity index (χ4n) is 9.35. The van der Waals surface area contributed by atoms with Gasteiger partial charge in [0.2, 0.25) is 17.8 Å². The Kier molecular flexibility index (Phi) is 13.9. The average Bonchev–Trinajstić information content (AvgIpc) is 3.29. The van der Waals surface area contributed by atoms with Gasteiger partial charge in [-0.25, -0.2) is 9.37 Å². The number of aliphatic hydroxyl groups is 1. The molecular formula is C46H55BrFN10O5P. The van der Waals surface area contributed by atoms with Crippen LogP contribution in [0.5, 0.6) is 5.75 Å². The van der Waals surface area contributed by atoms with E-state index in [1.807, 2.05) is 18.2 Å². The number of aryl methyl sites for hydroxylation is 1. The molecule has 2 amide bonds. The van der Waals surface area contributed by atoms with Crippen molar-refractivity contribution in [3.05, 3.63) is 88.0 Å². The van der Waals surface area contributed by atoms with Crippen molar-refractivity contribution in [2.24, 2.45) is 0 Å². The molecule has 3 fully saturated rings. The number of carbonyl (C=O) groups excluding carboxylic acids is 2. The molecule has 18 heteroatoms. The number of amides is 2. The second-order valence-corrected chi connectivity index (χ2v) is 21.1. The Morgan fingerprint density at radius 3 is 2.50 bits per heavy atom. The number of benzene rings is 3. The van der Waals surface area contributed by atoms with Crippen LogP contribution in [0.1, 0.15) is 55.2 Å². The van der Waals surface area contributed by atoms with Crippen LogP contribution < -0.4 is 30.9 Å². The van der Waals surface area contributed by atoms with Crippen molar-refractivity contribution in [2.45, 2.75) is 63.5 Å². The van der Waals surface area contributed by atoms with E-state index in [9.17, 15) is 19.3 Å². The Balaban J connectivity index is 0.886. The predicted molar refractivity (Wildman–Crippen MR) is 252 cm³/mol. The second kappa shape index (κ2) is 19.6. The maximum Gasteiger partial charge on any atom is 0.234 e. The van der Waals surface area contributed by atoms with Crippen molar-refractivity contribution in [1.82, 2.24) is 35.1 Å². The monoisotopic (exact) mass is 956 g/mol. The summed E-state index contributed by atoms with van der Waals surface area (Å²) in [4.78, 5) is 49.4. The third kappa shape index (κ3) is 9.93. The third-order valence-corrected chi connectivity index (χ3v) is 14.8. The van der Waals surface area contributed by atoms with Crippen molar-refractivity contribution in [2.75, 3.05) is 81.8 Å². The number of anilines is 5. The summed E-state index contributed by atoms with van der Waals surface area (Å²) in [6.07, 6.45) is 8.81. The molecule has 0 spiro atoms. The molecule has 3 saturated heterocycles. The lowest BCUT2D eigenvalue weighted by atomic mass is 9.89. The maximum atomic E-state index is 15.2. The summed E-state index contributed by atoms with van der Waals surface area (Å²) in [7, 11) is -1.13. The van der Waals surface area contributed by atoms with Crippen LogP contribution in [0.2, 0.25) is 0 Å². The summed E-state index contributed by atoms with van der Waals surface area (Å²) in [5.41, 5.74) is 6.09. The zero-order valence-corrected chi connectivity index (χ0v) is 39.1. The maximum absolute atomic E-state index is 15.2. The molecule has 4 N–H and O–H groups in total. The minimum absolute atomic E-state index is 0.0192. The molecule has 15 nitrogen and oxygen atoms in total. The van der Waals surface area contributed by atoms with Gasteiger partial charge in [-0.1, -0.05) is 19.1 Å². The number of aromatic nitrogens is 4. The number of carbonyl (C=O) groups is 2. The number of piperazine rings is 1. The minimum Gasteiger partial charge on any atom is -0.494 e. The molecule has 2 aromatic heterocycles. The largest absolute Gasteiger partial charge is 0.494 e. The van der Waals surface area contributed by atoms with Gasteiger partial charge in [-0.2, -0.15) is 4.98 Å². The lowest BCUT2D eigenvalue weighted by molar-refractivity contribution is -0.134. The molecule has 5 heterocycles. The van der Waals surface area contributed by atoms with Crippen LogP contribution in [0.4, 0.5) is 33.2 Å². The number of aliphatic hydroxyl groups excluding tert-OH is 1. The first kappa shape index (κ1) is 45.5. The van der Waals surface area contributed by atoms with Crippen LogP contribution in [0, 0.1) is 5.82 Å². The zero-order valence-electron chi connectivity index (χ0n) is 36.6. The number of fused-ring (bicyclic) bond motifs is 1. The molecule has 2 unspecified atom stereocenters. The Bertz CT molecular complexity index is 2590. The number of rotatable bonds is 14. The smallest absolute Gasteiger partial charge is 0.234 e. The molecule has 64 heavy (non-hydrogen) atoms. The van der Waals surface area contributed by atoms with Crippen molar-refractivity contribution in [1.29, 1.82) is 0 Å². The van der Waals surface area contributed by atoms with Gasteiger partial charge in [0.1, 0.15) is 30.0 Å². The molecule has 8 rings (SSSR count). The second-order valence-electron chi connectivity index (χ2n) is 17.1. The average molecular weight is 958 g/mol. The minimum atomic E-state index is -2.79. The Morgan fingerprint density at radius 1 is 0.984 bits per heavy atom.